The van der Waals surface area contributed by atoms with E-state index < -0.39 is 6.04 Å². The highest BCUT2D eigenvalue weighted by Crippen LogP contribution is 2.28. The van der Waals surface area contributed by atoms with Crippen LogP contribution in [0.2, 0.25) is 0 Å². The smallest absolute Gasteiger partial charge is 0.262 e. The van der Waals surface area contributed by atoms with Gasteiger partial charge in [-0.2, -0.15) is 5.10 Å². The Morgan fingerprint density at radius 2 is 2.21 bits per heavy atom. The van der Waals surface area contributed by atoms with E-state index in [-0.39, 0.29) is 12.5 Å². The molecule has 7 nitrogen and oxygen atoms in total. The third-order valence-corrected chi connectivity index (χ3v) is 5.43. The number of rotatable bonds is 6. The lowest BCUT2D eigenvalue weighted by atomic mass is 10.1. The van der Waals surface area contributed by atoms with E-state index in [4.69, 9.17) is 4.74 Å². The van der Waals surface area contributed by atoms with Gasteiger partial charge in [-0.15, -0.1) is 11.3 Å². The Hall–Kier alpha value is -3.23. The number of pyridine rings is 1. The van der Waals surface area contributed by atoms with Crippen molar-refractivity contribution >= 4 is 27.5 Å². The summed E-state index contributed by atoms with van der Waals surface area (Å²) in [5, 5.41) is 20.2. The zero-order valence-electron chi connectivity index (χ0n) is 15.0. The van der Waals surface area contributed by atoms with Crippen molar-refractivity contribution in [2.45, 2.75) is 6.04 Å². The molecule has 0 aliphatic carbocycles. The quantitative estimate of drug-likeness (QED) is 0.466. The molecule has 0 aliphatic rings. The van der Waals surface area contributed by atoms with Crippen LogP contribution in [0.4, 0.5) is 0 Å². The van der Waals surface area contributed by atoms with Crippen LogP contribution in [-0.4, -0.2) is 39.9 Å². The van der Waals surface area contributed by atoms with Gasteiger partial charge in [0.2, 0.25) is 0 Å². The molecular weight excluding hydrogens is 376 g/mol. The van der Waals surface area contributed by atoms with Gasteiger partial charge >= 0.3 is 0 Å². The summed E-state index contributed by atoms with van der Waals surface area (Å²) in [7, 11) is 1.58. The number of aromatic amines is 1. The molecule has 3 N–H and O–H groups in total. The first-order valence-corrected chi connectivity index (χ1v) is 9.45. The highest BCUT2D eigenvalue weighted by molar-refractivity contribution is 7.20. The zero-order chi connectivity index (χ0) is 19.5. The van der Waals surface area contributed by atoms with Crippen molar-refractivity contribution < 1.29 is 14.6 Å². The molecule has 0 spiro atoms. The van der Waals surface area contributed by atoms with Crippen LogP contribution in [0.3, 0.4) is 0 Å². The van der Waals surface area contributed by atoms with E-state index in [0.29, 0.717) is 10.6 Å². The molecular formula is C20H18N4O3S. The molecule has 0 aliphatic heterocycles. The summed E-state index contributed by atoms with van der Waals surface area (Å²) in [6.45, 7) is -0.216. The van der Waals surface area contributed by atoms with Crippen LogP contribution < -0.4 is 10.1 Å². The Morgan fingerprint density at radius 3 is 2.96 bits per heavy atom. The van der Waals surface area contributed by atoms with Gasteiger partial charge in [-0.3, -0.25) is 9.89 Å². The number of aliphatic hydroxyl groups is 1. The molecule has 28 heavy (non-hydrogen) atoms. The third kappa shape index (κ3) is 3.60. The average Bonchev–Trinajstić information content (AvgIpc) is 3.41. The minimum Gasteiger partial charge on any atom is -0.497 e. The van der Waals surface area contributed by atoms with Gasteiger partial charge in [-0.05, 0) is 35.9 Å². The number of nitrogens with zero attached hydrogens (tertiary/aromatic N) is 2. The van der Waals surface area contributed by atoms with Gasteiger partial charge in [-0.1, -0.05) is 12.1 Å². The number of methoxy groups -OCH3 is 1. The number of hydrogen-bond donors (Lipinski definition) is 3. The maximum atomic E-state index is 12.7. The Kier molecular flexibility index (Phi) is 5.05. The van der Waals surface area contributed by atoms with Crippen molar-refractivity contribution in [3.05, 3.63) is 65.3 Å². The summed E-state index contributed by atoms with van der Waals surface area (Å²) in [6, 6.07) is 12.4. The lowest BCUT2D eigenvalue weighted by Gasteiger charge is -2.17. The van der Waals surface area contributed by atoms with Crippen molar-refractivity contribution in [3.8, 4) is 17.0 Å². The van der Waals surface area contributed by atoms with E-state index in [2.05, 4.69) is 20.5 Å². The van der Waals surface area contributed by atoms with Crippen LogP contribution in [0.1, 0.15) is 21.3 Å². The van der Waals surface area contributed by atoms with E-state index >= 15 is 0 Å². The fourth-order valence-corrected chi connectivity index (χ4v) is 3.84. The van der Waals surface area contributed by atoms with Gasteiger partial charge < -0.3 is 15.2 Å². The van der Waals surface area contributed by atoms with Crippen LogP contribution in [0, 0.1) is 0 Å². The first-order valence-electron chi connectivity index (χ1n) is 8.63. The van der Waals surface area contributed by atoms with Crippen LogP contribution in [0.5, 0.6) is 5.75 Å². The molecule has 0 bridgehead atoms. The fraction of sp³-hybridized carbons (Fsp3) is 0.150. The number of carbonyl (C=O) groups is 1. The topological polar surface area (TPSA) is 100 Å². The molecule has 3 aromatic heterocycles. The first-order chi connectivity index (χ1) is 13.7. The van der Waals surface area contributed by atoms with Gasteiger partial charge in [0.1, 0.15) is 10.6 Å². The van der Waals surface area contributed by atoms with Crippen molar-refractivity contribution in [1.29, 1.82) is 0 Å². The minimum atomic E-state index is -0.526. The maximum absolute atomic E-state index is 12.7. The number of fused-ring (bicyclic) bond motifs is 1. The molecule has 1 aromatic carbocycles. The number of nitrogens with one attached hydrogen (secondary N) is 2. The van der Waals surface area contributed by atoms with Crippen LogP contribution in [0.15, 0.2) is 54.9 Å². The molecule has 1 atom stereocenters. The molecule has 0 saturated carbocycles. The molecule has 1 unspecified atom stereocenters. The number of aliphatic hydroxyl groups excluding tert-OH is 1. The summed E-state index contributed by atoms with van der Waals surface area (Å²) in [6.07, 6.45) is 3.48. The van der Waals surface area contributed by atoms with Crippen LogP contribution in [-0.2, 0) is 0 Å². The minimum absolute atomic E-state index is 0.216. The first kappa shape index (κ1) is 18.1. The molecule has 3 heterocycles. The van der Waals surface area contributed by atoms with E-state index in [1.54, 1.807) is 25.6 Å². The second-order valence-electron chi connectivity index (χ2n) is 6.17. The maximum Gasteiger partial charge on any atom is 0.262 e. The van der Waals surface area contributed by atoms with Crippen molar-refractivity contribution in [1.82, 2.24) is 20.5 Å². The fourth-order valence-electron chi connectivity index (χ4n) is 2.90. The summed E-state index contributed by atoms with van der Waals surface area (Å²) in [4.78, 5) is 18.7. The molecule has 0 radical (unpaired) electrons. The third-order valence-electron chi connectivity index (χ3n) is 4.38. The van der Waals surface area contributed by atoms with Crippen molar-refractivity contribution in [2.75, 3.05) is 13.7 Å². The van der Waals surface area contributed by atoms with Crippen LogP contribution in [0.25, 0.3) is 21.5 Å². The zero-order valence-corrected chi connectivity index (χ0v) is 15.9. The SMILES string of the molecule is COc1cccc(C(CO)NC(=O)c2cc3ccc(-c4cn[nH]c4)nc3s2)c1. The number of H-pyrrole nitrogens is 1. The number of amides is 1. The molecule has 0 saturated heterocycles. The number of thiophene rings is 1. The highest BCUT2D eigenvalue weighted by Gasteiger charge is 2.18. The van der Waals surface area contributed by atoms with E-state index in [9.17, 15) is 9.90 Å². The molecule has 0 fully saturated rings. The lowest BCUT2D eigenvalue weighted by molar-refractivity contribution is 0.0920. The second-order valence-corrected chi connectivity index (χ2v) is 7.20. The number of aromatic nitrogens is 3. The Bertz CT molecular complexity index is 1110. The van der Waals surface area contributed by atoms with Crippen molar-refractivity contribution in [3.63, 3.8) is 0 Å². The van der Waals surface area contributed by atoms with E-state index in [0.717, 1.165) is 27.0 Å². The van der Waals surface area contributed by atoms with Gasteiger partial charge in [-0.25, -0.2) is 4.98 Å². The summed E-state index contributed by atoms with van der Waals surface area (Å²) in [5.74, 6) is 0.415. The standard InChI is InChI=1S/C20H18N4O3S/c1-27-15-4-2-3-12(7-15)17(11-25)23-19(26)18-8-13-5-6-16(24-20(13)28-18)14-9-21-22-10-14/h2-10,17,25H,11H2,1H3,(H,21,22)(H,23,26). The molecule has 4 rings (SSSR count). The van der Waals surface area contributed by atoms with E-state index in [1.165, 1.54) is 11.3 Å². The summed E-state index contributed by atoms with van der Waals surface area (Å²) < 4.78 is 5.21. The number of hydrogen-bond acceptors (Lipinski definition) is 6. The predicted octanol–water partition coefficient (Wildman–Crippen LogP) is 3.16. The van der Waals surface area contributed by atoms with E-state index in [1.807, 2.05) is 36.4 Å². The van der Waals surface area contributed by atoms with Crippen molar-refractivity contribution in [2.24, 2.45) is 0 Å². The van der Waals surface area contributed by atoms with Gasteiger partial charge in [0.05, 0.1) is 36.5 Å². The number of carbonyl (C=O) groups excluding carboxylic acids is 1. The monoisotopic (exact) mass is 394 g/mol. The normalized spacial score (nSPS) is 12.1. The lowest BCUT2D eigenvalue weighted by Crippen LogP contribution is -2.30. The molecule has 8 heteroatoms. The predicted molar refractivity (Wildman–Crippen MR) is 107 cm³/mol. The number of ether oxygens (including phenoxy) is 1. The second kappa shape index (κ2) is 7.79. The molecule has 1 amide bonds. The summed E-state index contributed by atoms with van der Waals surface area (Å²) >= 11 is 1.31. The Balaban J connectivity index is 1.57. The largest absolute Gasteiger partial charge is 0.497 e. The molecule has 4 aromatic rings. The number of benzene rings is 1. The Labute approximate surface area is 165 Å². The van der Waals surface area contributed by atoms with Gasteiger partial charge in [0.15, 0.2) is 0 Å². The van der Waals surface area contributed by atoms with Gasteiger partial charge in [0, 0.05) is 17.1 Å². The molecule has 142 valence electrons. The Morgan fingerprint density at radius 1 is 1.32 bits per heavy atom. The highest BCUT2D eigenvalue weighted by atomic mass is 32.1. The summed E-state index contributed by atoms with van der Waals surface area (Å²) in [5.41, 5.74) is 2.45. The van der Waals surface area contributed by atoms with Gasteiger partial charge in [0.25, 0.3) is 5.91 Å². The van der Waals surface area contributed by atoms with Crippen LogP contribution >= 0.6 is 11.3 Å². The average molecular weight is 394 g/mol.